The number of benzene rings is 1. The second kappa shape index (κ2) is 11.0. The molecule has 192 valence electrons. The fraction of sp³-hybridized carbons (Fsp3) is 0.480. The molecule has 11 heteroatoms. The molecule has 2 aliphatic rings. The van der Waals surface area contributed by atoms with Gasteiger partial charge in [0.15, 0.2) is 5.82 Å². The van der Waals surface area contributed by atoms with Crippen molar-refractivity contribution in [1.82, 2.24) is 24.1 Å². The van der Waals surface area contributed by atoms with E-state index < -0.39 is 16.3 Å². The van der Waals surface area contributed by atoms with Crippen LogP contribution in [0.15, 0.2) is 61.1 Å². The van der Waals surface area contributed by atoms with Crippen LogP contribution in [0.2, 0.25) is 0 Å². The number of piperidine rings is 1. The first-order valence-electron chi connectivity index (χ1n) is 12.4. The minimum absolute atomic E-state index is 0.188. The molecule has 0 amide bonds. The third-order valence-electron chi connectivity index (χ3n) is 7.18. The van der Waals surface area contributed by atoms with Gasteiger partial charge in [0.2, 0.25) is 0 Å². The Morgan fingerprint density at radius 1 is 1.06 bits per heavy atom. The van der Waals surface area contributed by atoms with Crippen molar-refractivity contribution in [2.24, 2.45) is 5.92 Å². The van der Waals surface area contributed by atoms with Crippen molar-refractivity contribution >= 4 is 16.0 Å². The van der Waals surface area contributed by atoms with E-state index in [1.165, 1.54) is 18.5 Å². The van der Waals surface area contributed by atoms with E-state index in [1.54, 1.807) is 24.4 Å². The normalized spacial score (nSPS) is 25.1. The second-order valence-electron chi connectivity index (χ2n) is 9.57. The third kappa shape index (κ3) is 5.91. The van der Waals surface area contributed by atoms with E-state index in [0.29, 0.717) is 38.0 Å². The van der Waals surface area contributed by atoms with Gasteiger partial charge in [0.25, 0.3) is 0 Å². The van der Waals surface area contributed by atoms with E-state index in [9.17, 15) is 12.8 Å². The van der Waals surface area contributed by atoms with Gasteiger partial charge in [0, 0.05) is 32.1 Å². The van der Waals surface area contributed by atoms with Crippen molar-refractivity contribution in [3.05, 3.63) is 72.4 Å². The fourth-order valence-electron chi connectivity index (χ4n) is 5.22. The van der Waals surface area contributed by atoms with E-state index >= 15 is 0 Å². The molecule has 1 N–H and O–H groups in total. The molecule has 1 saturated carbocycles. The van der Waals surface area contributed by atoms with E-state index in [0.717, 1.165) is 41.2 Å². The van der Waals surface area contributed by atoms with Crippen LogP contribution in [0.1, 0.15) is 43.6 Å². The van der Waals surface area contributed by atoms with Crippen LogP contribution >= 0.6 is 0 Å². The Morgan fingerprint density at radius 3 is 2.64 bits per heavy atom. The summed E-state index contributed by atoms with van der Waals surface area (Å²) in [5.41, 5.74) is 1.06. The fourth-order valence-corrected chi connectivity index (χ4v) is 6.38. The Morgan fingerprint density at radius 2 is 1.92 bits per heavy atom. The summed E-state index contributed by atoms with van der Waals surface area (Å²) in [6, 6.07) is 11.8. The van der Waals surface area contributed by atoms with Crippen LogP contribution in [-0.2, 0) is 14.9 Å². The van der Waals surface area contributed by atoms with Crippen molar-refractivity contribution in [2.75, 3.05) is 24.6 Å². The summed E-state index contributed by atoms with van der Waals surface area (Å²) in [6.07, 6.45) is 8.64. The number of hydrogen-bond donors (Lipinski definition) is 1. The SMILES string of the molecule is O=S(=O)(N[C@H]1CCN(c2cccnn2)C[C@H]1OCC1CCC(c2cccc(F)c2)CC1)n1cccn1. The van der Waals surface area contributed by atoms with Crippen molar-refractivity contribution in [1.29, 1.82) is 0 Å². The molecule has 2 atom stereocenters. The molecule has 1 aliphatic heterocycles. The quantitative estimate of drug-likeness (QED) is 0.493. The number of nitrogens with zero attached hydrogens (tertiary/aromatic N) is 5. The predicted octanol–water partition coefficient (Wildman–Crippen LogP) is 3.13. The number of aromatic nitrogens is 4. The predicted molar refractivity (Wildman–Crippen MR) is 133 cm³/mol. The molecule has 0 spiro atoms. The Bertz CT molecular complexity index is 1220. The highest BCUT2D eigenvalue weighted by molar-refractivity contribution is 7.87. The molecule has 3 aromatic rings. The van der Waals surface area contributed by atoms with Gasteiger partial charge in [-0.2, -0.15) is 27.4 Å². The van der Waals surface area contributed by atoms with Crippen molar-refractivity contribution in [3.8, 4) is 0 Å². The maximum absolute atomic E-state index is 13.6. The summed E-state index contributed by atoms with van der Waals surface area (Å²) in [7, 11) is -3.82. The van der Waals surface area contributed by atoms with E-state index in [4.69, 9.17) is 4.74 Å². The van der Waals surface area contributed by atoms with E-state index in [2.05, 4.69) is 24.9 Å². The zero-order valence-electron chi connectivity index (χ0n) is 20.0. The first-order valence-corrected chi connectivity index (χ1v) is 13.8. The molecule has 5 rings (SSSR count). The largest absolute Gasteiger partial charge is 0.374 e. The summed E-state index contributed by atoms with van der Waals surface area (Å²) < 4.78 is 49.4. The lowest BCUT2D eigenvalue weighted by atomic mass is 9.79. The van der Waals surface area contributed by atoms with Crippen LogP contribution in [0.4, 0.5) is 10.2 Å². The Balaban J connectivity index is 1.22. The number of hydrogen-bond acceptors (Lipinski definition) is 7. The first kappa shape index (κ1) is 24.8. The molecule has 2 aromatic heterocycles. The molecule has 0 unspecified atom stereocenters. The van der Waals surface area contributed by atoms with Gasteiger partial charge in [-0.25, -0.2) is 4.39 Å². The number of ether oxygens (including phenoxy) is 1. The standard InChI is InChI=1S/C25H31FN6O3S/c26-22-5-1-4-21(16-22)20-9-7-19(8-10-20)18-35-24-17-31(25-6-2-12-27-29-25)15-11-23(24)30-36(33,34)32-14-3-13-28-32/h1-6,12-14,16,19-20,23-24,30H,7-11,15,17-18H2/t19?,20?,23-,24+/m0/s1. The molecule has 9 nitrogen and oxygen atoms in total. The highest BCUT2D eigenvalue weighted by Gasteiger charge is 2.35. The van der Waals surface area contributed by atoms with Gasteiger partial charge < -0.3 is 9.64 Å². The molecule has 2 fully saturated rings. The summed E-state index contributed by atoms with van der Waals surface area (Å²) >= 11 is 0. The van der Waals surface area contributed by atoms with E-state index in [-0.39, 0.29) is 11.9 Å². The number of rotatable bonds is 8. The summed E-state index contributed by atoms with van der Waals surface area (Å²) in [6.45, 7) is 1.68. The van der Waals surface area contributed by atoms with Crippen LogP contribution in [0.5, 0.6) is 0 Å². The van der Waals surface area contributed by atoms with Gasteiger partial charge in [-0.05, 0) is 79.8 Å². The average molecular weight is 515 g/mol. The van der Waals surface area contributed by atoms with Gasteiger partial charge >= 0.3 is 10.2 Å². The third-order valence-corrected chi connectivity index (χ3v) is 8.49. The van der Waals surface area contributed by atoms with Crippen molar-refractivity contribution in [3.63, 3.8) is 0 Å². The molecule has 0 bridgehead atoms. The lowest BCUT2D eigenvalue weighted by molar-refractivity contribution is -0.00141. The molecule has 1 aromatic carbocycles. The maximum Gasteiger partial charge on any atom is 0.320 e. The average Bonchev–Trinajstić information content (AvgIpc) is 3.45. The highest BCUT2D eigenvalue weighted by Crippen LogP contribution is 2.36. The van der Waals surface area contributed by atoms with Gasteiger partial charge in [-0.15, -0.1) is 5.10 Å². The molecular weight excluding hydrogens is 483 g/mol. The van der Waals surface area contributed by atoms with Crippen LogP contribution < -0.4 is 9.62 Å². The molecule has 3 heterocycles. The molecular formula is C25H31FN6O3S. The first-order chi connectivity index (χ1) is 17.5. The lowest BCUT2D eigenvalue weighted by Gasteiger charge is -2.39. The minimum atomic E-state index is -3.82. The van der Waals surface area contributed by atoms with Crippen molar-refractivity contribution in [2.45, 2.75) is 50.2 Å². The monoisotopic (exact) mass is 514 g/mol. The topological polar surface area (TPSA) is 102 Å². The van der Waals surface area contributed by atoms with Crippen LogP contribution in [0.3, 0.4) is 0 Å². The number of anilines is 1. The minimum Gasteiger partial charge on any atom is -0.374 e. The highest BCUT2D eigenvalue weighted by atomic mass is 32.2. The zero-order chi connectivity index (χ0) is 25.0. The Hall–Kier alpha value is -2.89. The van der Waals surface area contributed by atoms with Gasteiger partial charge in [0.1, 0.15) is 5.82 Å². The maximum atomic E-state index is 13.6. The van der Waals surface area contributed by atoms with E-state index in [1.807, 2.05) is 18.2 Å². The van der Waals surface area contributed by atoms with Gasteiger partial charge in [0.05, 0.1) is 18.3 Å². The van der Waals surface area contributed by atoms with Crippen molar-refractivity contribution < 1.29 is 17.5 Å². The number of halogens is 1. The molecule has 1 aliphatic carbocycles. The van der Waals surface area contributed by atoms with Gasteiger partial charge in [-0.3, -0.25) is 0 Å². The molecule has 0 radical (unpaired) electrons. The van der Waals surface area contributed by atoms with Crippen LogP contribution in [-0.4, -0.2) is 59.6 Å². The Kier molecular flexibility index (Phi) is 7.59. The van der Waals surface area contributed by atoms with Crippen LogP contribution in [0, 0.1) is 11.7 Å². The van der Waals surface area contributed by atoms with Gasteiger partial charge in [-0.1, -0.05) is 12.1 Å². The summed E-state index contributed by atoms with van der Waals surface area (Å²) in [5, 5.41) is 12.1. The molecule has 36 heavy (non-hydrogen) atoms. The number of nitrogens with one attached hydrogen (secondary N) is 1. The summed E-state index contributed by atoms with van der Waals surface area (Å²) in [5.74, 6) is 1.30. The lowest BCUT2D eigenvalue weighted by Crippen LogP contribution is -2.56. The second-order valence-corrected chi connectivity index (χ2v) is 11.1. The summed E-state index contributed by atoms with van der Waals surface area (Å²) in [4.78, 5) is 2.08. The zero-order valence-corrected chi connectivity index (χ0v) is 20.8. The smallest absolute Gasteiger partial charge is 0.320 e. The van der Waals surface area contributed by atoms with Crippen LogP contribution in [0.25, 0.3) is 0 Å². The Labute approximate surface area is 210 Å². The molecule has 1 saturated heterocycles.